The molecule has 0 aromatic carbocycles. The predicted molar refractivity (Wildman–Crippen MR) is 50.2 cm³/mol. The quantitative estimate of drug-likeness (QED) is 0.441. The van der Waals surface area contributed by atoms with Gasteiger partial charge in [-0.05, 0) is 28.1 Å². The Labute approximate surface area is 79.1 Å². The molecule has 3 N–H and O–H groups in total. The molecule has 1 heterocycles. The van der Waals surface area contributed by atoms with Crippen LogP contribution >= 0.6 is 28.3 Å². The second-order valence-corrected chi connectivity index (χ2v) is 2.57. The molecule has 0 aliphatic carbocycles. The maximum absolute atomic E-state index is 7.03. The lowest BCUT2D eigenvalue weighted by Crippen LogP contribution is -2.12. The van der Waals surface area contributed by atoms with Gasteiger partial charge in [0.05, 0.1) is 0 Å². The number of hydrogen-bond acceptors (Lipinski definition) is 2. The predicted octanol–water partition coefficient (Wildman–Crippen LogP) is 1.55. The molecule has 11 heavy (non-hydrogen) atoms. The fraction of sp³-hybridized carbons (Fsp3) is 0. The van der Waals surface area contributed by atoms with Crippen LogP contribution in [0, 0.1) is 5.41 Å². The van der Waals surface area contributed by atoms with Gasteiger partial charge in [-0.3, -0.25) is 5.41 Å². The van der Waals surface area contributed by atoms with Crippen molar-refractivity contribution in [2.45, 2.75) is 0 Å². The number of nitrogen functional groups attached to an aromatic ring is 1. The van der Waals surface area contributed by atoms with Crippen molar-refractivity contribution in [2.75, 3.05) is 0 Å². The van der Waals surface area contributed by atoms with Crippen LogP contribution in [-0.2, 0) is 0 Å². The van der Waals surface area contributed by atoms with Crippen LogP contribution in [-0.4, -0.2) is 10.8 Å². The third-order valence-electron chi connectivity index (χ3n) is 0.991. The van der Waals surface area contributed by atoms with Crippen molar-refractivity contribution in [3.05, 3.63) is 28.5 Å². The van der Waals surface area contributed by atoms with E-state index < -0.39 is 0 Å². The van der Waals surface area contributed by atoms with Crippen molar-refractivity contribution in [1.29, 1.82) is 5.41 Å². The molecule has 0 atom stereocenters. The monoisotopic (exact) mass is 235 g/mol. The highest BCUT2D eigenvalue weighted by atomic mass is 79.9. The van der Waals surface area contributed by atoms with Crippen LogP contribution in [0.2, 0.25) is 0 Å². The van der Waals surface area contributed by atoms with Gasteiger partial charge in [-0.15, -0.1) is 12.4 Å². The van der Waals surface area contributed by atoms with E-state index in [-0.39, 0.29) is 18.2 Å². The molecule has 0 spiro atoms. The van der Waals surface area contributed by atoms with Crippen LogP contribution < -0.4 is 5.73 Å². The van der Waals surface area contributed by atoms with Crippen LogP contribution in [0.15, 0.2) is 22.8 Å². The molecular formula is C6H7BrClN3. The average Bonchev–Trinajstić information content (AvgIpc) is 1.88. The van der Waals surface area contributed by atoms with Crippen molar-refractivity contribution in [2.24, 2.45) is 5.73 Å². The summed E-state index contributed by atoms with van der Waals surface area (Å²) in [6, 6.07) is 5.26. The van der Waals surface area contributed by atoms with Gasteiger partial charge in [0.2, 0.25) is 0 Å². The van der Waals surface area contributed by atoms with Gasteiger partial charge in [0.15, 0.2) is 0 Å². The average molecular weight is 236 g/mol. The van der Waals surface area contributed by atoms with Crippen LogP contribution in [0.25, 0.3) is 0 Å². The van der Waals surface area contributed by atoms with E-state index in [1.807, 2.05) is 0 Å². The van der Waals surface area contributed by atoms with Gasteiger partial charge in [-0.2, -0.15) is 0 Å². The van der Waals surface area contributed by atoms with E-state index in [0.29, 0.717) is 10.3 Å². The molecule has 0 unspecified atom stereocenters. The summed E-state index contributed by atoms with van der Waals surface area (Å²) in [5.74, 6) is -0.0127. The molecule has 1 rings (SSSR count). The first-order chi connectivity index (χ1) is 4.70. The Morgan fingerprint density at radius 3 is 2.55 bits per heavy atom. The van der Waals surface area contributed by atoms with E-state index in [0.717, 1.165) is 0 Å². The van der Waals surface area contributed by atoms with Crippen LogP contribution in [0.1, 0.15) is 5.69 Å². The van der Waals surface area contributed by atoms with Crippen molar-refractivity contribution in [3.8, 4) is 0 Å². The Bertz CT molecular complexity index is 264. The smallest absolute Gasteiger partial charge is 0.141 e. The molecule has 0 aliphatic heterocycles. The Hall–Kier alpha value is -0.610. The number of aromatic nitrogens is 1. The molecule has 0 amide bonds. The van der Waals surface area contributed by atoms with Gasteiger partial charge >= 0.3 is 0 Å². The molecule has 0 aliphatic rings. The first-order valence-corrected chi connectivity index (χ1v) is 3.46. The van der Waals surface area contributed by atoms with Gasteiger partial charge in [0, 0.05) is 0 Å². The second-order valence-electron chi connectivity index (χ2n) is 1.76. The number of nitrogens with two attached hydrogens (primary N) is 1. The lowest BCUT2D eigenvalue weighted by molar-refractivity contribution is 1.22. The summed E-state index contributed by atoms with van der Waals surface area (Å²) in [4.78, 5) is 3.94. The molecule has 5 heteroatoms. The zero-order valence-corrected chi connectivity index (χ0v) is 7.95. The lowest BCUT2D eigenvalue weighted by atomic mass is 10.3. The summed E-state index contributed by atoms with van der Waals surface area (Å²) >= 11 is 3.17. The van der Waals surface area contributed by atoms with Crippen molar-refractivity contribution < 1.29 is 0 Å². The Morgan fingerprint density at radius 2 is 2.18 bits per heavy atom. The number of pyridine rings is 1. The van der Waals surface area contributed by atoms with Crippen LogP contribution in [0.3, 0.4) is 0 Å². The number of halogens is 2. The minimum atomic E-state index is -0.0127. The largest absolute Gasteiger partial charge is 0.382 e. The summed E-state index contributed by atoms with van der Waals surface area (Å²) in [5, 5.41) is 7.03. The first-order valence-electron chi connectivity index (χ1n) is 2.67. The summed E-state index contributed by atoms with van der Waals surface area (Å²) < 4.78 is 0.695. The summed E-state index contributed by atoms with van der Waals surface area (Å²) in [6.07, 6.45) is 0. The van der Waals surface area contributed by atoms with Crippen molar-refractivity contribution in [3.63, 3.8) is 0 Å². The molecule has 0 fully saturated rings. The topological polar surface area (TPSA) is 62.8 Å². The molecule has 1 aromatic rings. The summed E-state index contributed by atoms with van der Waals surface area (Å²) in [5.41, 5.74) is 5.68. The minimum absolute atomic E-state index is 0. The number of nitrogens with one attached hydrogen (secondary N) is 1. The normalized spacial score (nSPS) is 8.45. The van der Waals surface area contributed by atoms with Crippen molar-refractivity contribution in [1.82, 2.24) is 4.98 Å². The molecule has 0 radical (unpaired) electrons. The lowest BCUT2D eigenvalue weighted by Gasteiger charge is -1.95. The highest BCUT2D eigenvalue weighted by Gasteiger charge is 1.95. The van der Waals surface area contributed by atoms with E-state index in [1.165, 1.54) is 0 Å². The molecule has 0 bridgehead atoms. The number of hydrogen-bond donors (Lipinski definition) is 2. The zero-order chi connectivity index (χ0) is 7.56. The Balaban J connectivity index is 0.000001000. The van der Waals surface area contributed by atoms with E-state index >= 15 is 0 Å². The molecule has 1 aromatic heterocycles. The molecule has 0 saturated heterocycles. The number of amidine groups is 1. The molecular weight excluding hydrogens is 229 g/mol. The van der Waals surface area contributed by atoms with Gasteiger partial charge in [0.1, 0.15) is 16.1 Å². The number of rotatable bonds is 1. The van der Waals surface area contributed by atoms with E-state index in [9.17, 15) is 0 Å². The maximum atomic E-state index is 7.03. The SMILES string of the molecule is Cl.N=C(N)c1cccc(Br)n1. The Morgan fingerprint density at radius 1 is 1.55 bits per heavy atom. The minimum Gasteiger partial charge on any atom is -0.382 e. The van der Waals surface area contributed by atoms with Gasteiger partial charge in [0.25, 0.3) is 0 Å². The number of nitrogens with zero attached hydrogens (tertiary/aromatic N) is 1. The van der Waals surface area contributed by atoms with E-state index in [1.54, 1.807) is 18.2 Å². The molecule has 60 valence electrons. The van der Waals surface area contributed by atoms with E-state index in [2.05, 4.69) is 20.9 Å². The maximum Gasteiger partial charge on any atom is 0.141 e. The fourth-order valence-electron chi connectivity index (χ4n) is 0.558. The highest BCUT2D eigenvalue weighted by Crippen LogP contribution is 2.04. The van der Waals surface area contributed by atoms with E-state index in [4.69, 9.17) is 11.1 Å². The third kappa shape index (κ3) is 2.86. The summed E-state index contributed by atoms with van der Waals surface area (Å²) in [6.45, 7) is 0. The molecule has 3 nitrogen and oxygen atoms in total. The standard InChI is InChI=1S/C6H6BrN3.ClH/c7-5-3-1-2-4(10-5)6(8)9;/h1-3H,(H3,8,9);1H. The summed E-state index contributed by atoms with van der Waals surface area (Å²) in [7, 11) is 0. The first kappa shape index (κ1) is 10.4. The Kier molecular flexibility index (Phi) is 4.07. The second kappa shape index (κ2) is 4.31. The highest BCUT2D eigenvalue weighted by molar-refractivity contribution is 9.10. The van der Waals surface area contributed by atoms with Crippen LogP contribution in [0.4, 0.5) is 0 Å². The fourth-order valence-corrected chi connectivity index (χ4v) is 0.902. The van der Waals surface area contributed by atoms with Gasteiger partial charge < -0.3 is 5.73 Å². The van der Waals surface area contributed by atoms with Gasteiger partial charge in [-0.1, -0.05) is 6.07 Å². The zero-order valence-electron chi connectivity index (χ0n) is 5.54. The van der Waals surface area contributed by atoms with Crippen LogP contribution in [0.5, 0.6) is 0 Å². The molecule has 0 saturated carbocycles. The van der Waals surface area contributed by atoms with Gasteiger partial charge in [-0.25, -0.2) is 4.98 Å². The third-order valence-corrected chi connectivity index (χ3v) is 1.43. The van der Waals surface area contributed by atoms with Crippen molar-refractivity contribution >= 4 is 34.2 Å².